The van der Waals surface area contributed by atoms with Crippen LogP contribution in [0.2, 0.25) is 0 Å². The summed E-state index contributed by atoms with van der Waals surface area (Å²) in [6.45, 7) is 2.37. The van der Waals surface area contributed by atoms with Crippen molar-refractivity contribution in [1.82, 2.24) is 14.7 Å². The Balaban J connectivity index is 1.66. The molecule has 0 aliphatic carbocycles. The molecule has 2 aromatic carbocycles. The maximum absolute atomic E-state index is 14.5. The second-order valence-corrected chi connectivity index (χ2v) is 8.86. The van der Waals surface area contributed by atoms with Crippen molar-refractivity contribution in [3.8, 4) is 35.2 Å². The molecule has 2 heterocycles. The number of para-hydroxylation sites is 1. The van der Waals surface area contributed by atoms with Crippen LogP contribution in [-0.4, -0.2) is 64.9 Å². The summed E-state index contributed by atoms with van der Waals surface area (Å²) >= 11 is 0. The molecule has 1 aliphatic heterocycles. The van der Waals surface area contributed by atoms with Crippen molar-refractivity contribution < 1.29 is 23.7 Å². The Bertz CT molecular complexity index is 1160. The van der Waals surface area contributed by atoms with E-state index in [1.54, 1.807) is 29.9 Å². The van der Waals surface area contributed by atoms with Crippen molar-refractivity contribution in [2.75, 3.05) is 32.9 Å². The second-order valence-electron chi connectivity index (χ2n) is 8.86. The third-order valence-electron chi connectivity index (χ3n) is 6.01. The molecule has 8 heteroatoms. The highest BCUT2D eigenvalue weighted by Gasteiger charge is 2.27. The van der Waals surface area contributed by atoms with Gasteiger partial charge in [0.05, 0.1) is 24.4 Å². The number of aliphatic hydroxyl groups is 1. The molecule has 36 heavy (non-hydrogen) atoms. The van der Waals surface area contributed by atoms with E-state index < -0.39 is 11.9 Å². The number of aryl methyl sites for hydroxylation is 1. The number of terminal acetylenes is 1. The quantitative estimate of drug-likeness (QED) is 0.304. The highest BCUT2D eigenvalue weighted by molar-refractivity contribution is 5.65. The van der Waals surface area contributed by atoms with E-state index in [0.717, 1.165) is 36.3 Å². The molecule has 1 fully saturated rings. The number of rotatable bonds is 12. The summed E-state index contributed by atoms with van der Waals surface area (Å²) < 4.78 is 33.4. The van der Waals surface area contributed by atoms with Crippen LogP contribution >= 0.6 is 0 Å². The Morgan fingerprint density at radius 2 is 2.03 bits per heavy atom. The van der Waals surface area contributed by atoms with Crippen LogP contribution in [0.1, 0.15) is 18.4 Å². The fourth-order valence-corrected chi connectivity index (χ4v) is 4.39. The molecule has 1 aromatic heterocycles. The molecule has 190 valence electrons. The molecule has 0 unspecified atom stereocenters. The first kappa shape index (κ1) is 25.9. The lowest BCUT2D eigenvalue weighted by atomic mass is 10.1. The van der Waals surface area contributed by atoms with Gasteiger partial charge >= 0.3 is 0 Å². The summed E-state index contributed by atoms with van der Waals surface area (Å²) in [5.41, 5.74) is 2.45. The fourth-order valence-electron chi connectivity index (χ4n) is 4.39. The van der Waals surface area contributed by atoms with Crippen molar-refractivity contribution >= 4 is 0 Å². The summed E-state index contributed by atoms with van der Waals surface area (Å²) in [7, 11) is 1.78. The standard InChI is InChI=1S/C28H32FN3O4/c1-3-15-34-20-22(33)17-32(18-23-12-9-16-35-23)19-24-27(21-10-5-4-6-11-21)30-31(2)28(24)36-26-14-8-7-13-25(26)29/h1,4-8,10-11,13-14,22-23,33H,9,12,15-20H2,2H3/t22-,23-/m0/s1. The third-order valence-corrected chi connectivity index (χ3v) is 6.01. The van der Waals surface area contributed by atoms with Crippen molar-refractivity contribution in [2.45, 2.75) is 31.6 Å². The van der Waals surface area contributed by atoms with Gasteiger partial charge < -0.3 is 19.3 Å². The molecule has 0 saturated carbocycles. The van der Waals surface area contributed by atoms with Crippen LogP contribution in [0.4, 0.5) is 4.39 Å². The monoisotopic (exact) mass is 493 g/mol. The Hall–Kier alpha value is -3.22. The van der Waals surface area contributed by atoms with Gasteiger partial charge in [0, 0.05) is 38.9 Å². The number of ether oxygens (including phenoxy) is 3. The molecule has 1 saturated heterocycles. The molecule has 4 rings (SSSR count). The zero-order valence-electron chi connectivity index (χ0n) is 20.5. The molecule has 0 bridgehead atoms. The van der Waals surface area contributed by atoms with Crippen molar-refractivity contribution in [3.05, 3.63) is 66.0 Å². The molecular formula is C28H32FN3O4. The zero-order chi connectivity index (χ0) is 25.3. The van der Waals surface area contributed by atoms with Gasteiger partial charge in [-0.2, -0.15) is 5.10 Å². The van der Waals surface area contributed by atoms with Gasteiger partial charge in [-0.05, 0) is 25.0 Å². The Morgan fingerprint density at radius 1 is 1.25 bits per heavy atom. The molecule has 1 aliphatic rings. The number of aromatic nitrogens is 2. The number of aliphatic hydroxyl groups excluding tert-OH is 1. The molecule has 3 aromatic rings. The Morgan fingerprint density at radius 3 is 2.75 bits per heavy atom. The van der Waals surface area contributed by atoms with Crippen LogP contribution in [0.3, 0.4) is 0 Å². The van der Waals surface area contributed by atoms with Gasteiger partial charge in [-0.3, -0.25) is 4.90 Å². The SMILES string of the molecule is C#CCOC[C@@H](O)CN(Cc1c(-c2ccccc2)nn(C)c1Oc1ccccc1F)C[C@@H]1CCCO1. The minimum absolute atomic E-state index is 0.0663. The van der Waals surface area contributed by atoms with Crippen molar-refractivity contribution in [3.63, 3.8) is 0 Å². The summed E-state index contributed by atoms with van der Waals surface area (Å²) in [6.07, 6.45) is 6.55. The minimum atomic E-state index is -0.743. The van der Waals surface area contributed by atoms with E-state index in [1.165, 1.54) is 6.07 Å². The molecular weight excluding hydrogens is 461 g/mol. The Kier molecular flexibility index (Phi) is 9.09. The average molecular weight is 494 g/mol. The summed E-state index contributed by atoms with van der Waals surface area (Å²) in [5, 5.41) is 15.4. The van der Waals surface area contributed by atoms with Gasteiger partial charge in [0.2, 0.25) is 5.88 Å². The van der Waals surface area contributed by atoms with E-state index in [4.69, 9.17) is 25.7 Å². The van der Waals surface area contributed by atoms with E-state index in [9.17, 15) is 9.50 Å². The fraction of sp³-hybridized carbons (Fsp3) is 0.393. The van der Waals surface area contributed by atoms with Gasteiger partial charge in [-0.25, -0.2) is 9.07 Å². The highest BCUT2D eigenvalue weighted by atomic mass is 19.1. The maximum atomic E-state index is 14.5. The third kappa shape index (κ3) is 6.71. The number of benzene rings is 2. The molecule has 2 atom stereocenters. The number of hydrogen-bond donors (Lipinski definition) is 1. The van der Waals surface area contributed by atoms with Crippen LogP contribution in [-0.2, 0) is 23.1 Å². The van der Waals surface area contributed by atoms with E-state index >= 15 is 0 Å². The van der Waals surface area contributed by atoms with Gasteiger partial charge in [-0.1, -0.05) is 48.4 Å². The van der Waals surface area contributed by atoms with Gasteiger partial charge in [-0.15, -0.1) is 6.42 Å². The van der Waals surface area contributed by atoms with Gasteiger partial charge in [0.1, 0.15) is 12.3 Å². The van der Waals surface area contributed by atoms with Gasteiger partial charge in [0.25, 0.3) is 0 Å². The van der Waals surface area contributed by atoms with E-state index in [1.807, 2.05) is 30.3 Å². The molecule has 7 nitrogen and oxygen atoms in total. The van der Waals surface area contributed by atoms with Crippen LogP contribution < -0.4 is 4.74 Å². The van der Waals surface area contributed by atoms with Crippen LogP contribution in [0.5, 0.6) is 11.6 Å². The summed E-state index contributed by atoms with van der Waals surface area (Å²) in [5.74, 6) is 2.52. The molecule has 0 spiro atoms. The zero-order valence-corrected chi connectivity index (χ0v) is 20.5. The molecule has 0 amide bonds. The van der Waals surface area contributed by atoms with Crippen LogP contribution in [0.25, 0.3) is 11.3 Å². The minimum Gasteiger partial charge on any atom is -0.436 e. The number of hydrogen-bond acceptors (Lipinski definition) is 6. The van der Waals surface area contributed by atoms with Gasteiger partial charge in [0.15, 0.2) is 11.6 Å². The number of nitrogens with zero attached hydrogens (tertiary/aromatic N) is 3. The molecule has 1 N–H and O–H groups in total. The summed E-state index contributed by atoms with van der Waals surface area (Å²) in [4.78, 5) is 2.11. The first-order valence-electron chi connectivity index (χ1n) is 12.1. The lowest BCUT2D eigenvalue weighted by molar-refractivity contribution is 0.00943. The maximum Gasteiger partial charge on any atom is 0.222 e. The average Bonchev–Trinajstić information content (AvgIpc) is 3.49. The lowest BCUT2D eigenvalue weighted by Gasteiger charge is -2.27. The first-order chi connectivity index (χ1) is 17.5. The van der Waals surface area contributed by atoms with E-state index in [-0.39, 0.29) is 25.1 Å². The highest BCUT2D eigenvalue weighted by Crippen LogP contribution is 2.35. The second kappa shape index (κ2) is 12.7. The van der Waals surface area contributed by atoms with Crippen molar-refractivity contribution in [2.24, 2.45) is 7.05 Å². The lowest BCUT2D eigenvalue weighted by Crippen LogP contribution is -2.39. The topological polar surface area (TPSA) is 69.0 Å². The van der Waals surface area contributed by atoms with Crippen molar-refractivity contribution in [1.29, 1.82) is 0 Å². The predicted molar refractivity (Wildman–Crippen MR) is 135 cm³/mol. The Labute approximate surface area is 211 Å². The smallest absolute Gasteiger partial charge is 0.222 e. The normalized spacial score (nSPS) is 16.2. The van der Waals surface area contributed by atoms with Crippen LogP contribution in [0.15, 0.2) is 54.6 Å². The number of halogens is 1. The summed E-state index contributed by atoms with van der Waals surface area (Å²) in [6, 6.07) is 16.1. The predicted octanol–water partition coefficient (Wildman–Crippen LogP) is 4.01. The van der Waals surface area contributed by atoms with E-state index in [2.05, 4.69) is 10.8 Å². The van der Waals surface area contributed by atoms with Crippen LogP contribution in [0, 0.1) is 18.2 Å². The molecule has 0 radical (unpaired) electrons. The van der Waals surface area contributed by atoms with E-state index in [0.29, 0.717) is 25.5 Å². The largest absolute Gasteiger partial charge is 0.436 e. The first-order valence-corrected chi connectivity index (χ1v) is 12.1.